The SMILES string of the molecule is CC(=O)c1cccc(CN2CCNCC2)c1. The minimum atomic E-state index is 0.141. The van der Waals surface area contributed by atoms with Crippen LogP contribution < -0.4 is 5.32 Å². The molecule has 0 unspecified atom stereocenters. The molecular weight excluding hydrogens is 200 g/mol. The summed E-state index contributed by atoms with van der Waals surface area (Å²) in [5, 5.41) is 3.33. The third kappa shape index (κ3) is 2.90. The normalized spacial score (nSPS) is 17.3. The van der Waals surface area contributed by atoms with Crippen molar-refractivity contribution in [3.05, 3.63) is 35.4 Å². The van der Waals surface area contributed by atoms with E-state index >= 15 is 0 Å². The first-order valence-corrected chi connectivity index (χ1v) is 5.78. The van der Waals surface area contributed by atoms with Crippen LogP contribution in [0.5, 0.6) is 0 Å². The third-order valence-corrected chi connectivity index (χ3v) is 2.95. The Balaban J connectivity index is 2.02. The van der Waals surface area contributed by atoms with Gasteiger partial charge in [-0.05, 0) is 18.6 Å². The van der Waals surface area contributed by atoms with E-state index in [0.717, 1.165) is 38.3 Å². The molecule has 0 amide bonds. The van der Waals surface area contributed by atoms with Crippen LogP contribution in [0.4, 0.5) is 0 Å². The van der Waals surface area contributed by atoms with E-state index in [2.05, 4.69) is 16.3 Å². The van der Waals surface area contributed by atoms with Crippen molar-refractivity contribution in [2.45, 2.75) is 13.5 Å². The van der Waals surface area contributed by atoms with E-state index in [0.29, 0.717) is 0 Å². The molecule has 16 heavy (non-hydrogen) atoms. The lowest BCUT2D eigenvalue weighted by atomic mass is 10.1. The van der Waals surface area contributed by atoms with Crippen LogP contribution in [0.2, 0.25) is 0 Å². The molecular formula is C13H18N2O. The fourth-order valence-electron chi connectivity index (χ4n) is 2.02. The number of carbonyl (C=O) groups excluding carboxylic acids is 1. The lowest BCUT2D eigenvalue weighted by Gasteiger charge is -2.27. The standard InChI is InChI=1S/C13H18N2O/c1-11(16)13-4-2-3-12(9-13)10-15-7-5-14-6-8-15/h2-4,9,14H,5-8,10H2,1H3. The molecule has 1 N–H and O–H groups in total. The lowest BCUT2D eigenvalue weighted by Crippen LogP contribution is -2.42. The quantitative estimate of drug-likeness (QED) is 0.776. The summed E-state index contributed by atoms with van der Waals surface area (Å²) in [6.45, 7) is 6.86. The molecule has 2 rings (SSSR count). The maximum Gasteiger partial charge on any atom is 0.159 e. The maximum atomic E-state index is 11.3. The van der Waals surface area contributed by atoms with Crippen LogP contribution in [0.25, 0.3) is 0 Å². The number of piperazine rings is 1. The summed E-state index contributed by atoms with van der Waals surface area (Å²) >= 11 is 0. The molecule has 0 radical (unpaired) electrons. The Labute approximate surface area is 96.5 Å². The summed E-state index contributed by atoms with van der Waals surface area (Å²) in [6, 6.07) is 7.94. The Hall–Kier alpha value is -1.19. The molecule has 0 bridgehead atoms. The van der Waals surface area contributed by atoms with E-state index in [1.807, 2.05) is 18.2 Å². The molecule has 0 aliphatic carbocycles. The van der Waals surface area contributed by atoms with E-state index in [-0.39, 0.29) is 5.78 Å². The molecule has 1 aliphatic rings. The van der Waals surface area contributed by atoms with Crippen LogP contribution >= 0.6 is 0 Å². The summed E-state index contributed by atoms with van der Waals surface area (Å²) in [5.74, 6) is 0.141. The first-order chi connectivity index (χ1) is 7.75. The smallest absolute Gasteiger partial charge is 0.159 e. The van der Waals surface area contributed by atoms with E-state index in [9.17, 15) is 4.79 Å². The number of nitrogens with one attached hydrogen (secondary N) is 1. The molecule has 1 fully saturated rings. The zero-order valence-corrected chi connectivity index (χ0v) is 9.70. The Morgan fingerprint density at radius 1 is 1.38 bits per heavy atom. The van der Waals surface area contributed by atoms with Crippen LogP contribution in [0.3, 0.4) is 0 Å². The predicted octanol–water partition coefficient (Wildman–Crippen LogP) is 1.29. The van der Waals surface area contributed by atoms with Gasteiger partial charge in [-0.3, -0.25) is 9.69 Å². The fraction of sp³-hybridized carbons (Fsp3) is 0.462. The molecule has 3 nitrogen and oxygen atoms in total. The highest BCUT2D eigenvalue weighted by Gasteiger charge is 2.10. The highest BCUT2D eigenvalue weighted by atomic mass is 16.1. The van der Waals surface area contributed by atoms with Gasteiger partial charge < -0.3 is 5.32 Å². The Kier molecular flexibility index (Phi) is 3.70. The van der Waals surface area contributed by atoms with Crippen molar-refractivity contribution in [3.63, 3.8) is 0 Å². The minimum absolute atomic E-state index is 0.141. The van der Waals surface area contributed by atoms with Crippen LogP contribution in [0, 0.1) is 0 Å². The first kappa shape index (κ1) is 11.3. The van der Waals surface area contributed by atoms with Gasteiger partial charge in [0, 0.05) is 38.3 Å². The molecule has 3 heteroatoms. The van der Waals surface area contributed by atoms with Gasteiger partial charge in [-0.25, -0.2) is 0 Å². The van der Waals surface area contributed by atoms with Crippen molar-refractivity contribution in [1.29, 1.82) is 0 Å². The number of carbonyl (C=O) groups is 1. The van der Waals surface area contributed by atoms with Crippen LogP contribution in [0.1, 0.15) is 22.8 Å². The average Bonchev–Trinajstić information content (AvgIpc) is 2.30. The van der Waals surface area contributed by atoms with Gasteiger partial charge >= 0.3 is 0 Å². The van der Waals surface area contributed by atoms with Crippen LogP contribution in [-0.4, -0.2) is 36.9 Å². The zero-order valence-electron chi connectivity index (χ0n) is 9.70. The van der Waals surface area contributed by atoms with Gasteiger partial charge in [0.2, 0.25) is 0 Å². The summed E-state index contributed by atoms with van der Waals surface area (Å²) < 4.78 is 0. The maximum absolute atomic E-state index is 11.3. The topological polar surface area (TPSA) is 32.3 Å². The van der Waals surface area contributed by atoms with E-state index in [1.54, 1.807) is 6.92 Å². The van der Waals surface area contributed by atoms with Gasteiger partial charge in [0.05, 0.1) is 0 Å². The molecule has 0 atom stereocenters. The highest BCUT2D eigenvalue weighted by molar-refractivity contribution is 5.94. The Morgan fingerprint density at radius 3 is 2.81 bits per heavy atom. The van der Waals surface area contributed by atoms with Crippen molar-refractivity contribution in [2.24, 2.45) is 0 Å². The first-order valence-electron chi connectivity index (χ1n) is 5.78. The molecule has 1 aromatic rings. The largest absolute Gasteiger partial charge is 0.314 e. The Bertz CT molecular complexity index is 370. The van der Waals surface area contributed by atoms with Crippen molar-refractivity contribution in [3.8, 4) is 0 Å². The predicted molar refractivity (Wildman–Crippen MR) is 64.6 cm³/mol. The summed E-state index contributed by atoms with van der Waals surface area (Å²) in [6.07, 6.45) is 0. The second-order valence-electron chi connectivity index (χ2n) is 4.28. The molecule has 0 spiro atoms. The van der Waals surface area contributed by atoms with Gasteiger partial charge in [0.25, 0.3) is 0 Å². The molecule has 1 heterocycles. The number of hydrogen-bond donors (Lipinski definition) is 1. The highest BCUT2D eigenvalue weighted by Crippen LogP contribution is 2.09. The van der Waals surface area contributed by atoms with Gasteiger partial charge in [-0.1, -0.05) is 18.2 Å². The van der Waals surface area contributed by atoms with Crippen molar-refractivity contribution < 1.29 is 4.79 Å². The lowest BCUT2D eigenvalue weighted by molar-refractivity contribution is 0.101. The van der Waals surface area contributed by atoms with Gasteiger partial charge in [-0.2, -0.15) is 0 Å². The second-order valence-corrected chi connectivity index (χ2v) is 4.28. The van der Waals surface area contributed by atoms with E-state index in [1.165, 1.54) is 5.56 Å². The minimum Gasteiger partial charge on any atom is -0.314 e. The summed E-state index contributed by atoms with van der Waals surface area (Å²) in [4.78, 5) is 13.7. The van der Waals surface area contributed by atoms with E-state index < -0.39 is 0 Å². The molecule has 0 saturated carbocycles. The van der Waals surface area contributed by atoms with Crippen molar-refractivity contribution in [2.75, 3.05) is 26.2 Å². The third-order valence-electron chi connectivity index (χ3n) is 2.95. The molecule has 1 aromatic carbocycles. The molecule has 1 saturated heterocycles. The fourth-order valence-corrected chi connectivity index (χ4v) is 2.02. The second kappa shape index (κ2) is 5.23. The number of benzene rings is 1. The Morgan fingerprint density at radius 2 is 2.12 bits per heavy atom. The van der Waals surface area contributed by atoms with E-state index in [4.69, 9.17) is 0 Å². The average molecular weight is 218 g/mol. The number of nitrogens with zero attached hydrogens (tertiary/aromatic N) is 1. The zero-order chi connectivity index (χ0) is 11.4. The van der Waals surface area contributed by atoms with Crippen LogP contribution in [0.15, 0.2) is 24.3 Å². The molecule has 86 valence electrons. The monoisotopic (exact) mass is 218 g/mol. The number of rotatable bonds is 3. The number of Topliss-reactive ketones (excluding diaryl/α,β-unsaturated/α-hetero) is 1. The molecule has 0 aromatic heterocycles. The summed E-state index contributed by atoms with van der Waals surface area (Å²) in [7, 11) is 0. The van der Waals surface area contributed by atoms with Crippen molar-refractivity contribution >= 4 is 5.78 Å². The number of ketones is 1. The summed E-state index contributed by atoms with van der Waals surface area (Å²) in [5.41, 5.74) is 2.04. The number of hydrogen-bond acceptors (Lipinski definition) is 3. The van der Waals surface area contributed by atoms with Crippen LogP contribution in [-0.2, 0) is 6.54 Å². The van der Waals surface area contributed by atoms with Gasteiger partial charge in [-0.15, -0.1) is 0 Å². The van der Waals surface area contributed by atoms with Gasteiger partial charge in [0.15, 0.2) is 5.78 Å². The molecule has 1 aliphatic heterocycles. The van der Waals surface area contributed by atoms with Gasteiger partial charge in [0.1, 0.15) is 0 Å². The van der Waals surface area contributed by atoms with Crippen molar-refractivity contribution in [1.82, 2.24) is 10.2 Å².